The largest absolute Gasteiger partial charge is 0.462 e. The molecule has 0 atom stereocenters. The lowest BCUT2D eigenvalue weighted by molar-refractivity contribution is -0.141. The minimum Gasteiger partial charge on any atom is -0.462 e. The van der Waals surface area contributed by atoms with Crippen LogP contribution in [0.2, 0.25) is 0 Å². The van der Waals surface area contributed by atoms with Crippen LogP contribution in [0.1, 0.15) is 22.3 Å². The summed E-state index contributed by atoms with van der Waals surface area (Å²) in [5, 5.41) is 0. The monoisotopic (exact) mass is 247 g/mol. The number of hydrogen-bond donors (Lipinski definition) is 1. The number of hydrogen-bond acceptors (Lipinski definition) is 3. The van der Waals surface area contributed by atoms with Crippen molar-refractivity contribution in [1.82, 2.24) is 0 Å². The summed E-state index contributed by atoms with van der Waals surface area (Å²) in [6, 6.07) is 4.78. The highest BCUT2D eigenvalue weighted by Gasteiger charge is 2.27. The van der Waals surface area contributed by atoms with Crippen molar-refractivity contribution in [3.63, 3.8) is 0 Å². The number of ether oxygens (including phenoxy) is 1. The van der Waals surface area contributed by atoms with Gasteiger partial charge in [0.2, 0.25) is 0 Å². The molecule has 0 amide bonds. The molecule has 0 heterocycles. The standard InChI is InChI=1S/C11H12F3NO2/c1-7-3-2-4-8(15)9(7)10(16)17-6-5-11(12,13)14/h2-4H,5-6,15H2,1H3. The Morgan fingerprint density at radius 3 is 2.59 bits per heavy atom. The fraction of sp³-hybridized carbons (Fsp3) is 0.364. The van der Waals surface area contributed by atoms with Gasteiger partial charge in [0.05, 0.1) is 12.0 Å². The maximum absolute atomic E-state index is 11.9. The molecule has 0 aliphatic heterocycles. The SMILES string of the molecule is Cc1cccc(N)c1C(=O)OCCC(F)(F)F. The molecule has 6 heteroatoms. The average molecular weight is 247 g/mol. The zero-order valence-corrected chi connectivity index (χ0v) is 9.17. The molecule has 0 bridgehead atoms. The van der Waals surface area contributed by atoms with Crippen molar-refractivity contribution in [1.29, 1.82) is 0 Å². The molecule has 0 aromatic heterocycles. The van der Waals surface area contributed by atoms with E-state index in [9.17, 15) is 18.0 Å². The van der Waals surface area contributed by atoms with E-state index in [1.165, 1.54) is 6.07 Å². The van der Waals surface area contributed by atoms with E-state index in [1.54, 1.807) is 19.1 Å². The van der Waals surface area contributed by atoms with Crippen molar-refractivity contribution in [2.45, 2.75) is 19.5 Å². The first-order valence-corrected chi connectivity index (χ1v) is 4.90. The van der Waals surface area contributed by atoms with Gasteiger partial charge >= 0.3 is 12.1 Å². The normalized spacial score (nSPS) is 11.3. The molecule has 0 unspecified atom stereocenters. The third-order valence-electron chi connectivity index (χ3n) is 2.13. The molecule has 1 rings (SSSR count). The summed E-state index contributed by atoms with van der Waals surface area (Å²) in [6.07, 6.45) is -5.50. The van der Waals surface area contributed by atoms with Gasteiger partial charge in [0.1, 0.15) is 6.61 Å². The van der Waals surface area contributed by atoms with E-state index in [4.69, 9.17) is 5.73 Å². The van der Waals surface area contributed by atoms with Crippen molar-refractivity contribution in [3.05, 3.63) is 29.3 Å². The number of carbonyl (C=O) groups is 1. The Morgan fingerprint density at radius 1 is 1.41 bits per heavy atom. The molecule has 2 N–H and O–H groups in total. The summed E-state index contributed by atoms with van der Waals surface area (Å²) >= 11 is 0. The van der Waals surface area contributed by atoms with Crippen molar-refractivity contribution in [3.8, 4) is 0 Å². The molecule has 0 saturated heterocycles. The number of alkyl halides is 3. The zero-order valence-electron chi connectivity index (χ0n) is 9.17. The number of halogens is 3. The molecule has 3 nitrogen and oxygen atoms in total. The number of aryl methyl sites for hydroxylation is 1. The van der Waals surface area contributed by atoms with Gasteiger partial charge in [-0.25, -0.2) is 4.79 Å². The molecule has 0 radical (unpaired) electrons. The van der Waals surface area contributed by atoms with Crippen molar-refractivity contribution in [2.75, 3.05) is 12.3 Å². The molecule has 0 spiro atoms. The first kappa shape index (κ1) is 13.3. The van der Waals surface area contributed by atoms with E-state index >= 15 is 0 Å². The quantitative estimate of drug-likeness (QED) is 0.660. The van der Waals surface area contributed by atoms with Gasteiger partial charge in [0, 0.05) is 5.69 Å². The number of nitrogens with two attached hydrogens (primary N) is 1. The van der Waals surface area contributed by atoms with E-state index in [1.807, 2.05) is 0 Å². The molecule has 1 aromatic carbocycles. The van der Waals surface area contributed by atoms with Crippen LogP contribution in [0, 0.1) is 6.92 Å². The van der Waals surface area contributed by atoms with Gasteiger partial charge in [0.15, 0.2) is 0 Å². The minimum absolute atomic E-state index is 0.120. The third kappa shape index (κ3) is 3.97. The van der Waals surface area contributed by atoms with Crippen LogP contribution in [-0.4, -0.2) is 18.8 Å². The molecule has 17 heavy (non-hydrogen) atoms. The number of anilines is 1. The fourth-order valence-electron chi connectivity index (χ4n) is 1.30. The Morgan fingerprint density at radius 2 is 2.06 bits per heavy atom. The molecule has 0 saturated carbocycles. The highest BCUT2D eigenvalue weighted by atomic mass is 19.4. The molecule has 1 aromatic rings. The number of rotatable bonds is 3. The van der Waals surface area contributed by atoms with Gasteiger partial charge in [-0.3, -0.25) is 0 Å². The maximum atomic E-state index is 11.9. The van der Waals surface area contributed by atoms with Crippen LogP contribution in [0.25, 0.3) is 0 Å². The van der Waals surface area contributed by atoms with E-state index in [0.29, 0.717) is 5.56 Å². The minimum atomic E-state index is -4.34. The van der Waals surface area contributed by atoms with E-state index in [-0.39, 0.29) is 11.3 Å². The number of carbonyl (C=O) groups excluding carboxylic acids is 1. The number of nitrogen functional groups attached to an aromatic ring is 1. The lowest BCUT2D eigenvalue weighted by Crippen LogP contribution is -2.16. The van der Waals surface area contributed by atoms with Crippen LogP contribution in [0.3, 0.4) is 0 Å². The maximum Gasteiger partial charge on any atom is 0.392 e. The van der Waals surface area contributed by atoms with Gasteiger partial charge in [-0.15, -0.1) is 0 Å². The zero-order chi connectivity index (χ0) is 13.1. The van der Waals surface area contributed by atoms with Gasteiger partial charge < -0.3 is 10.5 Å². The van der Waals surface area contributed by atoms with Crippen molar-refractivity contribution in [2.24, 2.45) is 0 Å². The second-order valence-electron chi connectivity index (χ2n) is 3.54. The number of esters is 1. The second kappa shape index (κ2) is 5.07. The summed E-state index contributed by atoms with van der Waals surface area (Å²) in [7, 11) is 0. The summed E-state index contributed by atoms with van der Waals surface area (Å²) in [4.78, 5) is 11.5. The molecule has 94 valence electrons. The number of benzene rings is 1. The molecule has 0 aliphatic rings. The molecular formula is C11H12F3NO2. The van der Waals surface area contributed by atoms with Gasteiger partial charge in [-0.1, -0.05) is 12.1 Å². The highest BCUT2D eigenvalue weighted by molar-refractivity contribution is 5.96. The van der Waals surface area contributed by atoms with Crippen LogP contribution in [0.4, 0.5) is 18.9 Å². The third-order valence-corrected chi connectivity index (χ3v) is 2.13. The summed E-state index contributed by atoms with van der Waals surface area (Å²) < 4.78 is 40.1. The Kier molecular flexibility index (Phi) is 3.98. The topological polar surface area (TPSA) is 52.3 Å². The molecular weight excluding hydrogens is 235 g/mol. The Hall–Kier alpha value is -1.72. The Balaban J connectivity index is 2.65. The van der Waals surface area contributed by atoms with Crippen molar-refractivity contribution < 1.29 is 22.7 Å². The summed E-state index contributed by atoms with van der Waals surface area (Å²) in [6.45, 7) is 0.937. The van der Waals surface area contributed by atoms with Gasteiger partial charge in [-0.05, 0) is 18.6 Å². The molecule has 0 fully saturated rings. The van der Waals surface area contributed by atoms with Gasteiger partial charge in [-0.2, -0.15) is 13.2 Å². The lowest BCUT2D eigenvalue weighted by atomic mass is 10.1. The summed E-state index contributed by atoms with van der Waals surface area (Å²) in [5.41, 5.74) is 6.44. The Bertz CT molecular complexity index is 395. The molecule has 0 aliphatic carbocycles. The van der Waals surface area contributed by atoms with Crippen LogP contribution < -0.4 is 5.73 Å². The highest BCUT2D eigenvalue weighted by Crippen LogP contribution is 2.21. The fourth-order valence-corrected chi connectivity index (χ4v) is 1.30. The summed E-state index contributed by atoms with van der Waals surface area (Å²) in [5.74, 6) is -0.829. The van der Waals surface area contributed by atoms with Crippen LogP contribution >= 0.6 is 0 Å². The van der Waals surface area contributed by atoms with Crippen LogP contribution in [0.5, 0.6) is 0 Å². The van der Waals surface area contributed by atoms with E-state index < -0.39 is 25.2 Å². The smallest absolute Gasteiger partial charge is 0.392 e. The Labute approximate surface area is 96.4 Å². The van der Waals surface area contributed by atoms with Crippen LogP contribution in [0.15, 0.2) is 18.2 Å². The lowest BCUT2D eigenvalue weighted by Gasteiger charge is -2.10. The van der Waals surface area contributed by atoms with E-state index in [0.717, 1.165) is 0 Å². The predicted molar refractivity (Wildman–Crippen MR) is 56.5 cm³/mol. The van der Waals surface area contributed by atoms with Crippen molar-refractivity contribution >= 4 is 11.7 Å². The van der Waals surface area contributed by atoms with Crippen LogP contribution in [-0.2, 0) is 4.74 Å². The predicted octanol–water partition coefficient (Wildman–Crippen LogP) is 2.69. The second-order valence-corrected chi connectivity index (χ2v) is 3.54. The van der Waals surface area contributed by atoms with Gasteiger partial charge in [0.25, 0.3) is 0 Å². The first-order chi connectivity index (χ1) is 7.81. The average Bonchev–Trinajstić information content (AvgIpc) is 2.15. The first-order valence-electron chi connectivity index (χ1n) is 4.90. The van der Waals surface area contributed by atoms with E-state index in [2.05, 4.69) is 4.74 Å².